The Morgan fingerprint density at radius 2 is 1.72 bits per heavy atom. The number of pyridine rings is 1. The van der Waals surface area contributed by atoms with Crippen LogP contribution in [0.5, 0.6) is 0 Å². The van der Waals surface area contributed by atoms with Gasteiger partial charge in [0.1, 0.15) is 0 Å². The van der Waals surface area contributed by atoms with Crippen LogP contribution < -0.4 is 15.8 Å². The number of carbonyl (C=O) groups excluding carboxylic acids is 1. The molecule has 8 nitrogen and oxygen atoms in total. The number of rotatable bonds is 6. The summed E-state index contributed by atoms with van der Waals surface area (Å²) in [6, 6.07) is 16.2. The van der Waals surface area contributed by atoms with E-state index in [1.165, 1.54) is 0 Å². The second kappa shape index (κ2) is 11.8. The van der Waals surface area contributed by atoms with Crippen molar-refractivity contribution in [1.29, 1.82) is 0 Å². The van der Waals surface area contributed by atoms with Gasteiger partial charge in [-0.25, -0.2) is 0 Å². The normalized spacial score (nSPS) is 18.2. The zero-order chi connectivity index (χ0) is 26.8. The second-order valence-corrected chi connectivity index (χ2v) is 12.1. The lowest BCUT2D eigenvalue weighted by Crippen LogP contribution is -2.43. The molecule has 2 aromatic carbocycles. The fourth-order valence-electron chi connectivity index (χ4n) is 5.20. The van der Waals surface area contributed by atoms with Crippen molar-refractivity contribution in [3.8, 4) is 11.3 Å². The molecule has 0 bridgehead atoms. The Balaban J connectivity index is 1.19. The summed E-state index contributed by atoms with van der Waals surface area (Å²) in [6.45, 7) is 8.18. The van der Waals surface area contributed by atoms with Crippen molar-refractivity contribution >= 4 is 40.8 Å². The van der Waals surface area contributed by atoms with Crippen molar-refractivity contribution < 1.29 is 14.3 Å². The van der Waals surface area contributed by atoms with E-state index in [1.807, 2.05) is 12.1 Å². The van der Waals surface area contributed by atoms with Crippen LogP contribution in [0.2, 0.25) is 0 Å². The van der Waals surface area contributed by atoms with Crippen LogP contribution in [-0.2, 0) is 14.3 Å². The minimum absolute atomic E-state index is 0.0224. The van der Waals surface area contributed by atoms with Crippen LogP contribution in [0.15, 0.2) is 72.9 Å². The van der Waals surface area contributed by atoms with Gasteiger partial charge in [0.2, 0.25) is 11.5 Å². The van der Waals surface area contributed by atoms with Gasteiger partial charge in [0.25, 0.3) is 0 Å². The van der Waals surface area contributed by atoms with Gasteiger partial charge < -0.3 is 24.7 Å². The van der Waals surface area contributed by atoms with E-state index in [-0.39, 0.29) is 17.5 Å². The number of carbonyl (C=O) groups is 1. The van der Waals surface area contributed by atoms with Gasteiger partial charge in [-0.05, 0) is 37.3 Å². The summed E-state index contributed by atoms with van der Waals surface area (Å²) in [5.41, 5.74) is 3.45. The van der Waals surface area contributed by atoms with Gasteiger partial charge in [-0.1, -0.05) is 35.7 Å². The molecule has 3 aliphatic rings. The van der Waals surface area contributed by atoms with E-state index in [0.717, 1.165) is 81.6 Å². The number of amides is 1. The number of hydrogen-bond donors (Lipinski definition) is 2. The van der Waals surface area contributed by atoms with Crippen molar-refractivity contribution in [1.82, 2.24) is 9.88 Å². The van der Waals surface area contributed by atoms with Gasteiger partial charge in [0, 0.05) is 81.2 Å². The molecular formula is C29H32N4O4S2. The van der Waals surface area contributed by atoms with Gasteiger partial charge in [0.15, 0.2) is 0 Å². The quantitative estimate of drug-likeness (QED) is 0.353. The molecule has 6 rings (SSSR count). The smallest absolute Gasteiger partial charge is 0.250 e. The Hall–Kier alpha value is -2.76. The van der Waals surface area contributed by atoms with Crippen molar-refractivity contribution in [2.75, 3.05) is 62.8 Å². The largest absolute Gasteiger partial charge is 0.379 e. The lowest BCUT2D eigenvalue weighted by Gasteiger charge is -2.31. The molecule has 1 unspecified atom stereocenters. The van der Waals surface area contributed by atoms with E-state index in [4.69, 9.17) is 9.47 Å². The number of fused-ring (bicyclic) bond motifs is 2. The third kappa shape index (κ3) is 6.05. The standard InChI is InChI=1S/C29H32N4O4S2/c1-19(32-7-11-36-12-8-32)15-27(34)30-20-5-6-24-26(16-20)38-25-4-2-3-22(29(25)39-24)23-17-21(18-28(35)31-23)33-9-13-37-14-10-33/h2-6,16-19H,7-15H2,1H3,(H,30,34)(H,31,35). The van der Waals surface area contributed by atoms with Crippen LogP contribution in [0.1, 0.15) is 13.3 Å². The molecule has 1 atom stereocenters. The number of hydrogen-bond acceptors (Lipinski definition) is 8. The maximum Gasteiger partial charge on any atom is 0.250 e. The van der Waals surface area contributed by atoms with Crippen molar-refractivity contribution in [2.24, 2.45) is 0 Å². The summed E-state index contributed by atoms with van der Waals surface area (Å²) >= 11 is 3.39. The Morgan fingerprint density at radius 1 is 0.949 bits per heavy atom. The highest BCUT2D eigenvalue weighted by molar-refractivity contribution is 8.05. The van der Waals surface area contributed by atoms with Crippen molar-refractivity contribution in [3.05, 3.63) is 58.9 Å². The highest BCUT2D eigenvalue weighted by atomic mass is 32.2. The van der Waals surface area contributed by atoms with Crippen molar-refractivity contribution in [3.63, 3.8) is 0 Å². The number of aromatic nitrogens is 1. The molecule has 0 spiro atoms. The Kier molecular flexibility index (Phi) is 7.99. The molecule has 3 aliphatic heterocycles. The fourth-order valence-corrected chi connectivity index (χ4v) is 7.61. The number of anilines is 2. The molecule has 0 aliphatic carbocycles. The average Bonchev–Trinajstić information content (AvgIpc) is 2.96. The van der Waals surface area contributed by atoms with Gasteiger partial charge in [-0.15, -0.1) is 0 Å². The zero-order valence-electron chi connectivity index (χ0n) is 21.9. The molecule has 1 amide bonds. The summed E-state index contributed by atoms with van der Waals surface area (Å²) in [5.74, 6) is 0.0224. The summed E-state index contributed by atoms with van der Waals surface area (Å²) < 4.78 is 10.9. The Bertz CT molecular complexity index is 1420. The van der Waals surface area contributed by atoms with Gasteiger partial charge in [0.05, 0.1) is 32.1 Å². The van der Waals surface area contributed by atoms with E-state index in [9.17, 15) is 9.59 Å². The average molecular weight is 565 g/mol. The fraction of sp³-hybridized carbons (Fsp3) is 0.379. The zero-order valence-corrected chi connectivity index (χ0v) is 23.5. The lowest BCUT2D eigenvalue weighted by molar-refractivity contribution is -0.117. The Labute approximate surface area is 236 Å². The SMILES string of the molecule is CC(CC(=O)Nc1ccc2c(c1)Sc1cccc(-c3cc(N4CCOCC4)cc(=O)[nH]3)c1S2)N1CCOCC1. The van der Waals surface area contributed by atoms with Gasteiger partial charge in [-0.2, -0.15) is 0 Å². The highest BCUT2D eigenvalue weighted by Gasteiger charge is 2.23. The third-order valence-electron chi connectivity index (χ3n) is 7.28. The number of ether oxygens (including phenoxy) is 2. The molecule has 204 valence electrons. The first-order chi connectivity index (χ1) is 19.0. The van der Waals surface area contributed by atoms with Crippen LogP contribution in [0.25, 0.3) is 11.3 Å². The topological polar surface area (TPSA) is 86.9 Å². The van der Waals surface area contributed by atoms with E-state index >= 15 is 0 Å². The highest BCUT2D eigenvalue weighted by Crippen LogP contribution is 2.52. The molecule has 0 radical (unpaired) electrons. The molecule has 10 heteroatoms. The van der Waals surface area contributed by atoms with Crippen molar-refractivity contribution in [2.45, 2.75) is 39.0 Å². The number of nitrogens with one attached hydrogen (secondary N) is 2. The summed E-state index contributed by atoms with van der Waals surface area (Å²) in [6.07, 6.45) is 0.451. The molecule has 2 N–H and O–H groups in total. The lowest BCUT2D eigenvalue weighted by atomic mass is 10.1. The summed E-state index contributed by atoms with van der Waals surface area (Å²) in [5, 5.41) is 3.09. The predicted molar refractivity (Wildman–Crippen MR) is 155 cm³/mol. The molecule has 0 saturated carbocycles. The third-order valence-corrected chi connectivity index (χ3v) is 9.88. The van der Waals surface area contributed by atoms with Crippen LogP contribution in [0.3, 0.4) is 0 Å². The minimum atomic E-state index is -0.108. The maximum atomic E-state index is 12.8. The minimum Gasteiger partial charge on any atom is -0.379 e. The molecule has 1 aromatic heterocycles. The monoisotopic (exact) mass is 564 g/mol. The van der Waals surface area contributed by atoms with Gasteiger partial charge in [-0.3, -0.25) is 14.5 Å². The number of nitrogens with zero attached hydrogens (tertiary/aromatic N) is 2. The van der Waals surface area contributed by atoms with E-state index in [1.54, 1.807) is 29.6 Å². The van der Waals surface area contributed by atoms with Gasteiger partial charge >= 0.3 is 0 Å². The number of H-pyrrole nitrogens is 1. The molecule has 2 saturated heterocycles. The molecule has 2 fully saturated rings. The summed E-state index contributed by atoms with van der Waals surface area (Å²) in [7, 11) is 0. The van der Waals surface area contributed by atoms with E-state index < -0.39 is 0 Å². The predicted octanol–water partition coefficient (Wildman–Crippen LogP) is 4.54. The summed E-state index contributed by atoms with van der Waals surface area (Å²) in [4.78, 5) is 37.4. The molecule has 39 heavy (non-hydrogen) atoms. The Morgan fingerprint density at radius 3 is 2.51 bits per heavy atom. The van der Waals surface area contributed by atoms with E-state index in [2.05, 4.69) is 57.4 Å². The van der Waals surface area contributed by atoms with Crippen LogP contribution in [0.4, 0.5) is 11.4 Å². The number of benzene rings is 2. The number of aromatic amines is 1. The number of morpholine rings is 2. The molecule has 3 aromatic rings. The first-order valence-corrected chi connectivity index (χ1v) is 15.0. The van der Waals surface area contributed by atoms with Crippen LogP contribution in [0, 0.1) is 0 Å². The first-order valence-electron chi connectivity index (χ1n) is 13.4. The van der Waals surface area contributed by atoms with Crippen LogP contribution >= 0.6 is 23.5 Å². The van der Waals surface area contributed by atoms with Crippen LogP contribution in [-0.4, -0.2) is 74.4 Å². The maximum absolute atomic E-state index is 12.8. The molecule has 4 heterocycles. The first kappa shape index (κ1) is 26.5. The second-order valence-electron chi connectivity index (χ2n) is 9.96. The molecular weight excluding hydrogens is 532 g/mol. The van der Waals surface area contributed by atoms with E-state index in [0.29, 0.717) is 19.6 Å².